The Bertz CT molecular complexity index is 979. The first-order chi connectivity index (χ1) is 12.4. The minimum atomic E-state index is -0.770. The Morgan fingerprint density at radius 2 is 1.96 bits per heavy atom. The second-order valence-electron chi connectivity index (χ2n) is 5.04. The maximum Gasteiger partial charge on any atom is 0.362 e. The number of aromatic nitrogens is 4. The minimum Gasteiger partial charge on any atom is -0.358 e. The zero-order chi connectivity index (χ0) is 18.8. The van der Waals surface area contributed by atoms with Crippen LogP contribution in [0.4, 0.5) is 11.6 Å². The Kier molecular flexibility index (Phi) is 5.12. The smallest absolute Gasteiger partial charge is 0.358 e. The number of benzene rings is 1. The molecule has 2 heterocycles. The van der Waals surface area contributed by atoms with Crippen LogP contribution in [0.25, 0.3) is 0 Å². The summed E-state index contributed by atoms with van der Waals surface area (Å²) in [7, 11) is 0. The van der Waals surface area contributed by atoms with Crippen LogP contribution in [-0.2, 0) is 6.54 Å². The molecule has 1 aromatic carbocycles. The van der Waals surface area contributed by atoms with Crippen molar-refractivity contribution in [1.82, 2.24) is 20.0 Å². The van der Waals surface area contributed by atoms with Crippen molar-refractivity contribution < 1.29 is 9.72 Å². The summed E-state index contributed by atoms with van der Waals surface area (Å²) in [6.45, 7) is 0.295. The summed E-state index contributed by atoms with van der Waals surface area (Å²) >= 11 is 18.0. The summed E-state index contributed by atoms with van der Waals surface area (Å²) < 4.78 is 1.53. The number of rotatable bonds is 5. The number of nitro groups is 1. The van der Waals surface area contributed by atoms with E-state index in [4.69, 9.17) is 34.8 Å². The number of hydrogen-bond acceptors (Lipinski definition) is 5. The monoisotopic (exact) mass is 414 g/mol. The third-order valence-electron chi connectivity index (χ3n) is 3.35. The largest absolute Gasteiger partial charge is 0.362 e. The molecule has 0 saturated carbocycles. The normalized spacial score (nSPS) is 10.7. The first-order valence-electron chi connectivity index (χ1n) is 7.02. The fraction of sp³-hybridized carbons (Fsp3) is 0.0714. The number of hydrogen-bond donors (Lipinski definition) is 2. The molecule has 0 aliphatic heterocycles. The van der Waals surface area contributed by atoms with E-state index in [0.717, 1.165) is 0 Å². The third kappa shape index (κ3) is 3.64. The maximum absolute atomic E-state index is 12.2. The van der Waals surface area contributed by atoms with E-state index in [1.807, 2.05) is 0 Å². The van der Waals surface area contributed by atoms with Gasteiger partial charge in [-0.3, -0.25) is 9.48 Å². The molecule has 134 valence electrons. The molecule has 0 saturated heterocycles. The van der Waals surface area contributed by atoms with E-state index in [1.54, 1.807) is 24.4 Å². The van der Waals surface area contributed by atoms with Crippen LogP contribution in [-0.4, -0.2) is 30.8 Å². The fourth-order valence-electron chi connectivity index (χ4n) is 2.13. The molecule has 1 amide bonds. The SMILES string of the molecule is O=C(Nc1ccn(Cc2c(Cl)cccc2Cl)n1)c1n[nH]c([N+](=O)[O-])c1Cl. The van der Waals surface area contributed by atoms with Gasteiger partial charge in [-0.1, -0.05) is 46.0 Å². The summed E-state index contributed by atoms with van der Waals surface area (Å²) in [5.41, 5.74) is 0.379. The predicted molar refractivity (Wildman–Crippen MR) is 96.0 cm³/mol. The lowest BCUT2D eigenvalue weighted by molar-refractivity contribution is -0.389. The maximum atomic E-state index is 12.2. The number of nitrogens with one attached hydrogen (secondary N) is 2. The average Bonchev–Trinajstić information content (AvgIpc) is 3.17. The molecular formula is C14H9Cl3N6O3. The summed E-state index contributed by atoms with van der Waals surface area (Å²) in [4.78, 5) is 22.1. The molecule has 2 aromatic heterocycles. The number of carbonyl (C=O) groups excluding carboxylic acids is 1. The van der Waals surface area contributed by atoms with E-state index < -0.39 is 16.6 Å². The molecule has 12 heteroatoms. The molecule has 0 fully saturated rings. The lowest BCUT2D eigenvalue weighted by Crippen LogP contribution is -2.14. The van der Waals surface area contributed by atoms with Gasteiger partial charge in [0.1, 0.15) is 0 Å². The average molecular weight is 416 g/mol. The Hall–Kier alpha value is -2.62. The van der Waals surface area contributed by atoms with Crippen molar-refractivity contribution in [3.05, 3.63) is 66.9 Å². The van der Waals surface area contributed by atoms with Crippen LogP contribution in [0.15, 0.2) is 30.5 Å². The number of halogens is 3. The van der Waals surface area contributed by atoms with E-state index in [9.17, 15) is 14.9 Å². The van der Waals surface area contributed by atoms with Crippen molar-refractivity contribution in [2.75, 3.05) is 5.32 Å². The lowest BCUT2D eigenvalue weighted by atomic mass is 10.2. The highest BCUT2D eigenvalue weighted by Crippen LogP contribution is 2.26. The molecule has 0 bridgehead atoms. The van der Waals surface area contributed by atoms with Crippen molar-refractivity contribution in [3.8, 4) is 0 Å². The first-order valence-corrected chi connectivity index (χ1v) is 8.16. The highest BCUT2D eigenvalue weighted by Gasteiger charge is 2.25. The highest BCUT2D eigenvalue weighted by atomic mass is 35.5. The van der Waals surface area contributed by atoms with Crippen LogP contribution >= 0.6 is 34.8 Å². The quantitative estimate of drug-likeness (QED) is 0.485. The van der Waals surface area contributed by atoms with Crippen molar-refractivity contribution in [2.45, 2.75) is 6.54 Å². The Balaban J connectivity index is 1.74. The van der Waals surface area contributed by atoms with Gasteiger partial charge in [-0.15, -0.1) is 5.10 Å². The Morgan fingerprint density at radius 1 is 1.27 bits per heavy atom. The van der Waals surface area contributed by atoms with Gasteiger partial charge in [0.25, 0.3) is 5.91 Å². The van der Waals surface area contributed by atoms with Crippen molar-refractivity contribution in [3.63, 3.8) is 0 Å². The van der Waals surface area contributed by atoms with Crippen LogP contribution in [0.3, 0.4) is 0 Å². The third-order valence-corrected chi connectivity index (χ3v) is 4.42. The topological polar surface area (TPSA) is 119 Å². The van der Waals surface area contributed by atoms with E-state index in [1.165, 1.54) is 10.7 Å². The van der Waals surface area contributed by atoms with Gasteiger partial charge in [-0.2, -0.15) is 5.10 Å². The Labute approximate surface area is 161 Å². The molecule has 3 rings (SSSR count). The van der Waals surface area contributed by atoms with Gasteiger partial charge in [0.05, 0.1) is 6.54 Å². The molecule has 0 aliphatic rings. The lowest BCUT2D eigenvalue weighted by Gasteiger charge is -2.06. The van der Waals surface area contributed by atoms with Crippen molar-refractivity contribution in [1.29, 1.82) is 0 Å². The molecule has 0 unspecified atom stereocenters. The molecule has 2 N–H and O–H groups in total. The van der Waals surface area contributed by atoms with Crippen LogP contribution in [0.1, 0.15) is 16.1 Å². The number of anilines is 1. The van der Waals surface area contributed by atoms with Gasteiger partial charge in [0, 0.05) is 27.9 Å². The van der Waals surface area contributed by atoms with E-state index >= 15 is 0 Å². The summed E-state index contributed by atoms with van der Waals surface area (Å²) in [6, 6.07) is 6.69. The highest BCUT2D eigenvalue weighted by molar-refractivity contribution is 6.36. The molecule has 9 nitrogen and oxygen atoms in total. The standard InChI is InChI=1S/C14H9Cl3N6O3/c15-8-2-1-3-9(16)7(8)6-22-5-4-10(21-22)18-14(24)12-11(17)13(20-19-12)23(25)26/h1-5H,6H2,(H,19,20)(H,18,21,24). The molecule has 0 atom stereocenters. The van der Waals surface area contributed by atoms with Gasteiger partial charge >= 0.3 is 5.82 Å². The summed E-state index contributed by atoms with van der Waals surface area (Å²) in [6.07, 6.45) is 1.61. The molecular weight excluding hydrogens is 407 g/mol. The van der Waals surface area contributed by atoms with Gasteiger partial charge < -0.3 is 15.4 Å². The Morgan fingerprint density at radius 3 is 2.58 bits per heavy atom. The summed E-state index contributed by atoms with van der Waals surface area (Å²) in [5.74, 6) is -1.09. The second-order valence-corrected chi connectivity index (χ2v) is 6.24. The van der Waals surface area contributed by atoms with Gasteiger partial charge in [0.15, 0.2) is 16.5 Å². The first kappa shape index (κ1) is 18.2. The zero-order valence-corrected chi connectivity index (χ0v) is 15.0. The minimum absolute atomic E-state index is 0.208. The van der Waals surface area contributed by atoms with Crippen LogP contribution in [0.5, 0.6) is 0 Å². The second kappa shape index (κ2) is 7.32. The molecule has 0 radical (unpaired) electrons. The number of amides is 1. The summed E-state index contributed by atoms with van der Waals surface area (Å²) in [5, 5.41) is 23.6. The van der Waals surface area contributed by atoms with Gasteiger partial charge in [-0.25, -0.2) is 0 Å². The number of H-pyrrole nitrogens is 1. The van der Waals surface area contributed by atoms with E-state index in [2.05, 4.69) is 20.6 Å². The number of carbonyl (C=O) groups is 1. The predicted octanol–water partition coefficient (Wildman–Crippen LogP) is 3.78. The van der Waals surface area contributed by atoms with E-state index in [0.29, 0.717) is 22.2 Å². The number of aromatic amines is 1. The van der Waals surface area contributed by atoms with E-state index in [-0.39, 0.29) is 16.5 Å². The van der Waals surface area contributed by atoms with Gasteiger partial charge in [-0.05, 0) is 17.1 Å². The molecule has 0 aliphatic carbocycles. The molecule has 3 aromatic rings. The van der Waals surface area contributed by atoms with Crippen LogP contribution in [0, 0.1) is 10.1 Å². The number of nitrogens with zero attached hydrogens (tertiary/aromatic N) is 4. The van der Waals surface area contributed by atoms with Crippen LogP contribution < -0.4 is 5.32 Å². The van der Waals surface area contributed by atoms with Crippen molar-refractivity contribution in [2.24, 2.45) is 0 Å². The molecule has 26 heavy (non-hydrogen) atoms. The molecule has 0 spiro atoms. The van der Waals surface area contributed by atoms with Crippen molar-refractivity contribution >= 4 is 52.3 Å². The zero-order valence-electron chi connectivity index (χ0n) is 12.7. The van der Waals surface area contributed by atoms with Gasteiger partial charge in [0.2, 0.25) is 0 Å². The fourth-order valence-corrected chi connectivity index (χ4v) is 2.88. The van der Waals surface area contributed by atoms with Crippen LogP contribution in [0.2, 0.25) is 15.1 Å².